The first-order valence-electron chi connectivity index (χ1n) is 15.1. The number of amides is 1. The fraction of sp³-hybridized carbons (Fsp3) is 0.314. The van der Waals surface area contributed by atoms with Crippen molar-refractivity contribution in [3.8, 4) is 11.8 Å². The lowest BCUT2D eigenvalue weighted by molar-refractivity contribution is 0.0998. The second-order valence-corrected chi connectivity index (χ2v) is 11.8. The summed E-state index contributed by atoms with van der Waals surface area (Å²) in [6.07, 6.45) is 4.10. The van der Waals surface area contributed by atoms with Gasteiger partial charge in [0.2, 0.25) is 0 Å². The van der Waals surface area contributed by atoms with Crippen LogP contribution in [0.1, 0.15) is 65.7 Å². The van der Waals surface area contributed by atoms with Gasteiger partial charge in [0.1, 0.15) is 16.9 Å². The number of pyridine rings is 2. The lowest BCUT2D eigenvalue weighted by atomic mass is 10.0. The van der Waals surface area contributed by atoms with E-state index in [1.807, 2.05) is 31.3 Å². The molecule has 8 nitrogen and oxygen atoms in total. The largest absolute Gasteiger partial charge is 0.365 e. The number of fused-ring (bicyclic) bond motifs is 3. The van der Waals surface area contributed by atoms with Gasteiger partial charge in [0.25, 0.3) is 11.5 Å². The summed E-state index contributed by atoms with van der Waals surface area (Å²) >= 11 is 0. The van der Waals surface area contributed by atoms with Gasteiger partial charge in [0.05, 0.1) is 23.8 Å². The number of carbonyl (C=O) groups is 1. The number of piperidine rings is 1. The van der Waals surface area contributed by atoms with Crippen molar-refractivity contribution in [2.75, 3.05) is 13.1 Å². The molecule has 230 valence electrons. The second kappa shape index (κ2) is 12.3. The van der Waals surface area contributed by atoms with Crippen LogP contribution in [0.4, 0.5) is 8.78 Å². The average molecular weight is 609 g/mol. The molecule has 10 heteroatoms. The molecule has 2 N–H and O–H groups in total. The van der Waals surface area contributed by atoms with Gasteiger partial charge in [-0.1, -0.05) is 17.9 Å². The summed E-state index contributed by atoms with van der Waals surface area (Å²) in [5.74, 6) is 4.44. The number of hydrogen-bond donors (Lipinski definition) is 1. The molecule has 0 bridgehead atoms. The van der Waals surface area contributed by atoms with Crippen molar-refractivity contribution >= 4 is 27.8 Å². The number of rotatable bonds is 6. The summed E-state index contributed by atoms with van der Waals surface area (Å²) in [6.45, 7) is 8.54. The SMILES string of the molecule is Cc1nc2cnc3ccc(C#CCc4ccc(C(N)=O)c(=O)n4Cc4ccc(F)c(F)c4)cc3c2n1C1CCN(C(C)C)CC1. The average Bonchev–Trinajstić information content (AvgIpc) is 3.36. The van der Waals surface area contributed by atoms with Crippen LogP contribution in [0, 0.1) is 30.4 Å². The number of nitrogens with zero attached hydrogens (tertiary/aromatic N) is 5. The quantitative estimate of drug-likeness (QED) is 0.270. The zero-order valence-electron chi connectivity index (χ0n) is 25.5. The standard InChI is InChI=1S/C35H34F2N6O2/c1-21(2)41-15-13-26(14-16-41)43-22(3)40-32-19-39-31-12-8-23(17-28(31)33(32)43)5-4-6-25-9-10-27(34(38)44)35(45)42(25)20-24-7-11-29(36)30(37)18-24/h7-12,17-19,21,26H,6,13-16,20H2,1-3H3,(H2,38,44). The van der Waals surface area contributed by atoms with E-state index in [1.54, 1.807) is 6.07 Å². The minimum Gasteiger partial charge on any atom is -0.365 e. The predicted molar refractivity (Wildman–Crippen MR) is 170 cm³/mol. The Balaban J connectivity index is 1.34. The van der Waals surface area contributed by atoms with E-state index in [9.17, 15) is 18.4 Å². The summed E-state index contributed by atoms with van der Waals surface area (Å²) in [7, 11) is 0. The minimum absolute atomic E-state index is 0.0762. The Morgan fingerprint density at radius 2 is 1.82 bits per heavy atom. The number of likely N-dealkylation sites (tertiary alicyclic amines) is 1. The highest BCUT2D eigenvalue weighted by Crippen LogP contribution is 2.33. The van der Waals surface area contributed by atoms with Crippen molar-refractivity contribution < 1.29 is 13.6 Å². The molecule has 45 heavy (non-hydrogen) atoms. The monoisotopic (exact) mass is 608 g/mol. The number of aryl methyl sites for hydroxylation is 1. The van der Waals surface area contributed by atoms with Gasteiger partial charge in [-0.15, -0.1) is 0 Å². The van der Waals surface area contributed by atoms with Crippen LogP contribution in [-0.4, -0.2) is 49.0 Å². The van der Waals surface area contributed by atoms with Crippen LogP contribution in [0.15, 0.2) is 59.5 Å². The Hall–Kier alpha value is -4.88. The van der Waals surface area contributed by atoms with Crippen molar-refractivity contribution in [2.24, 2.45) is 5.73 Å². The molecule has 3 aromatic heterocycles. The highest BCUT2D eigenvalue weighted by atomic mass is 19.2. The van der Waals surface area contributed by atoms with Crippen LogP contribution in [0.2, 0.25) is 0 Å². The molecule has 0 saturated carbocycles. The maximum Gasteiger partial charge on any atom is 0.263 e. The van der Waals surface area contributed by atoms with Gasteiger partial charge in [-0.05, 0) is 81.6 Å². The molecule has 4 heterocycles. The number of imidazole rings is 1. The predicted octanol–water partition coefficient (Wildman–Crippen LogP) is 5.12. The molecule has 0 spiro atoms. The van der Waals surface area contributed by atoms with Crippen LogP contribution < -0.4 is 11.3 Å². The summed E-state index contributed by atoms with van der Waals surface area (Å²) in [6, 6.07) is 13.2. The molecule has 0 atom stereocenters. The van der Waals surface area contributed by atoms with Gasteiger partial charge < -0.3 is 19.8 Å². The Bertz CT molecular complexity index is 2060. The first-order chi connectivity index (χ1) is 21.6. The number of benzene rings is 2. The first kappa shape index (κ1) is 30.2. The van der Waals surface area contributed by atoms with Gasteiger partial charge in [-0.2, -0.15) is 0 Å². The Morgan fingerprint density at radius 3 is 2.53 bits per heavy atom. The number of nitrogens with two attached hydrogens (primary N) is 1. The molecular weight excluding hydrogens is 574 g/mol. The van der Waals surface area contributed by atoms with Crippen molar-refractivity contribution in [3.05, 3.63) is 105 Å². The second-order valence-electron chi connectivity index (χ2n) is 11.8. The van der Waals surface area contributed by atoms with Crippen LogP contribution in [0.3, 0.4) is 0 Å². The van der Waals surface area contributed by atoms with E-state index in [1.165, 1.54) is 16.7 Å². The molecule has 1 amide bonds. The van der Waals surface area contributed by atoms with Gasteiger partial charge in [-0.3, -0.25) is 14.6 Å². The molecule has 6 rings (SSSR count). The van der Waals surface area contributed by atoms with E-state index in [4.69, 9.17) is 10.7 Å². The summed E-state index contributed by atoms with van der Waals surface area (Å²) in [5, 5.41) is 0.979. The van der Waals surface area contributed by atoms with Crippen molar-refractivity contribution in [1.29, 1.82) is 0 Å². The topological polar surface area (TPSA) is 99.0 Å². The van der Waals surface area contributed by atoms with Gasteiger partial charge in [-0.25, -0.2) is 13.8 Å². The molecule has 1 fully saturated rings. The molecule has 1 saturated heterocycles. The molecule has 5 aromatic rings. The third-order valence-corrected chi connectivity index (χ3v) is 8.64. The van der Waals surface area contributed by atoms with E-state index < -0.39 is 23.1 Å². The van der Waals surface area contributed by atoms with Crippen LogP contribution in [0.25, 0.3) is 21.9 Å². The lowest BCUT2D eigenvalue weighted by Crippen LogP contribution is -2.39. The molecular formula is C35H34F2N6O2. The van der Waals surface area contributed by atoms with Crippen LogP contribution >= 0.6 is 0 Å². The number of primary amides is 1. The third-order valence-electron chi connectivity index (χ3n) is 8.64. The minimum atomic E-state index is -1.02. The van der Waals surface area contributed by atoms with Crippen LogP contribution in [0.5, 0.6) is 0 Å². The number of carbonyl (C=O) groups excluding carboxylic acids is 1. The van der Waals surface area contributed by atoms with Crippen LogP contribution in [-0.2, 0) is 13.0 Å². The Morgan fingerprint density at radius 1 is 1.04 bits per heavy atom. The van der Waals surface area contributed by atoms with E-state index in [2.05, 4.69) is 40.1 Å². The molecule has 1 aliphatic rings. The van der Waals surface area contributed by atoms with E-state index in [0.717, 1.165) is 71.4 Å². The first-order valence-corrected chi connectivity index (χ1v) is 15.1. The van der Waals surface area contributed by atoms with E-state index in [-0.39, 0.29) is 18.5 Å². The van der Waals surface area contributed by atoms with E-state index in [0.29, 0.717) is 23.3 Å². The normalized spacial score (nSPS) is 14.3. The highest BCUT2D eigenvalue weighted by Gasteiger charge is 2.25. The summed E-state index contributed by atoms with van der Waals surface area (Å²) in [5.41, 5.74) is 9.02. The molecule has 0 aliphatic carbocycles. The maximum absolute atomic E-state index is 13.9. The van der Waals surface area contributed by atoms with Crippen molar-refractivity contribution in [1.82, 2.24) is 24.0 Å². The maximum atomic E-state index is 13.9. The van der Waals surface area contributed by atoms with Gasteiger partial charge >= 0.3 is 0 Å². The smallest absolute Gasteiger partial charge is 0.263 e. The van der Waals surface area contributed by atoms with E-state index >= 15 is 0 Å². The highest BCUT2D eigenvalue weighted by molar-refractivity contribution is 6.03. The third kappa shape index (κ3) is 5.96. The molecule has 0 unspecified atom stereocenters. The van der Waals surface area contributed by atoms with Gasteiger partial charge in [0, 0.05) is 48.2 Å². The zero-order chi connectivity index (χ0) is 31.8. The number of aromatic nitrogens is 4. The zero-order valence-corrected chi connectivity index (χ0v) is 25.5. The van der Waals surface area contributed by atoms with Gasteiger partial charge in [0.15, 0.2) is 11.6 Å². The Labute approximate surface area is 259 Å². The fourth-order valence-electron chi connectivity index (χ4n) is 6.27. The summed E-state index contributed by atoms with van der Waals surface area (Å²) < 4.78 is 31.1. The molecule has 2 aromatic carbocycles. The molecule has 0 radical (unpaired) electrons. The molecule has 1 aliphatic heterocycles. The lowest BCUT2D eigenvalue weighted by Gasteiger charge is -2.35. The number of halogens is 2. The fourth-order valence-corrected chi connectivity index (χ4v) is 6.27. The Kier molecular flexibility index (Phi) is 8.21. The summed E-state index contributed by atoms with van der Waals surface area (Å²) in [4.78, 5) is 37.0. The van der Waals surface area contributed by atoms with Crippen molar-refractivity contribution in [2.45, 2.75) is 58.7 Å². The van der Waals surface area contributed by atoms with Crippen molar-refractivity contribution in [3.63, 3.8) is 0 Å². The number of hydrogen-bond acceptors (Lipinski definition) is 5.